The van der Waals surface area contributed by atoms with Gasteiger partial charge in [-0.25, -0.2) is 0 Å². The van der Waals surface area contributed by atoms with Gasteiger partial charge in [0.1, 0.15) is 5.76 Å². The molecule has 0 fully saturated rings. The Balaban J connectivity index is 2.04. The molecule has 7 nitrogen and oxygen atoms in total. The van der Waals surface area contributed by atoms with Crippen LogP contribution in [0.5, 0.6) is 0 Å². The van der Waals surface area contributed by atoms with Crippen LogP contribution in [0.15, 0.2) is 32.2 Å². The SMILES string of the molecule is Cc1noc(C)c1C(C)(C)c1nc(-c2ccc(=O)n(C)c2)no1. The molecule has 0 aliphatic carbocycles. The first-order valence-corrected chi connectivity index (χ1v) is 7.25. The van der Waals surface area contributed by atoms with Gasteiger partial charge in [-0.05, 0) is 33.8 Å². The molecule has 0 amide bonds. The normalized spacial score (nSPS) is 11.9. The molecule has 120 valence electrons. The van der Waals surface area contributed by atoms with Crippen LogP contribution in [0.3, 0.4) is 0 Å². The van der Waals surface area contributed by atoms with Crippen molar-refractivity contribution in [3.63, 3.8) is 0 Å². The molecular weight excluding hydrogens is 296 g/mol. The minimum absolute atomic E-state index is 0.0893. The molecule has 3 rings (SSSR count). The number of pyridine rings is 1. The van der Waals surface area contributed by atoms with Gasteiger partial charge in [-0.1, -0.05) is 10.3 Å². The molecule has 0 atom stereocenters. The lowest BCUT2D eigenvalue weighted by atomic mass is 9.83. The molecular formula is C16H18N4O3. The Kier molecular flexibility index (Phi) is 3.43. The Morgan fingerprint density at radius 3 is 2.48 bits per heavy atom. The van der Waals surface area contributed by atoms with Crippen LogP contribution in [0.2, 0.25) is 0 Å². The van der Waals surface area contributed by atoms with E-state index in [1.807, 2.05) is 27.7 Å². The van der Waals surface area contributed by atoms with E-state index in [2.05, 4.69) is 15.3 Å². The summed E-state index contributed by atoms with van der Waals surface area (Å²) in [5, 5.41) is 8.03. The summed E-state index contributed by atoms with van der Waals surface area (Å²) < 4.78 is 12.2. The molecule has 0 N–H and O–H groups in total. The van der Waals surface area contributed by atoms with Gasteiger partial charge in [-0.15, -0.1) is 0 Å². The molecule has 0 unspecified atom stereocenters. The van der Waals surface area contributed by atoms with Gasteiger partial charge in [0.15, 0.2) is 0 Å². The van der Waals surface area contributed by atoms with Crippen LogP contribution in [0.1, 0.15) is 36.8 Å². The molecule has 3 heterocycles. The van der Waals surface area contributed by atoms with Crippen molar-refractivity contribution in [2.24, 2.45) is 7.05 Å². The number of nitrogens with zero attached hydrogens (tertiary/aromatic N) is 4. The summed E-state index contributed by atoms with van der Waals surface area (Å²) in [4.78, 5) is 16.0. The Morgan fingerprint density at radius 2 is 1.87 bits per heavy atom. The second-order valence-corrected chi connectivity index (χ2v) is 6.11. The fourth-order valence-electron chi connectivity index (χ4n) is 2.80. The topological polar surface area (TPSA) is 87.0 Å². The van der Waals surface area contributed by atoms with Crippen LogP contribution >= 0.6 is 0 Å². The predicted octanol–water partition coefficient (Wildman–Crippen LogP) is 2.37. The summed E-state index contributed by atoms with van der Waals surface area (Å²) in [5.41, 5.74) is 1.84. The molecule has 0 saturated heterocycles. The molecule has 0 bridgehead atoms. The van der Waals surface area contributed by atoms with Crippen LogP contribution in [-0.4, -0.2) is 19.9 Å². The van der Waals surface area contributed by atoms with Crippen molar-refractivity contribution < 1.29 is 9.05 Å². The van der Waals surface area contributed by atoms with Gasteiger partial charge in [-0.3, -0.25) is 4.79 Å². The van der Waals surface area contributed by atoms with Crippen LogP contribution in [0.4, 0.5) is 0 Å². The largest absolute Gasteiger partial charge is 0.361 e. The molecule has 7 heteroatoms. The van der Waals surface area contributed by atoms with Crippen molar-refractivity contribution in [3.05, 3.63) is 51.6 Å². The van der Waals surface area contributed by atoms with Crippen molar-refractivity contribution >= 4 is 0 Å². The van der Waals surface area contributed by atoms with E-state index >= 15 is 0 Å². The lowest BCUT2D eigenvalue weighted by molar-refractivity contribution is 0.329. The maximum Gasteiger partial charge on any atom is 0.250 e. The van der Waals surface area contributed by atoms with Crippen molar-refractivity contribution in [2.45, 2.75) is 33.1 Å². The zero-order valence-corrected chi connectivity index (χ0v) is 13.7. The van der Waals surface area contributed by atoms with E-state index in [0.29, 0.717) is 11.7 Å². The predicted molar refractivity (Wildman–Crippen MR) is 83.1 cm³/mol. The van der Waals surface area contributed by atoms with Gasteiger partial charge < -0.3 is 13.6 Å². The second kappa shape index (κ2) is 5.19. The van der Waals surface area contributed by atoms with Crippen molar-refractivity contribution in [1.82, 2.24) is 19.9 Å². The van der Waals surface area contributed by atoms with Crippen LogP contribution in [-0.2, 0) is 12.5 Å². The maximum absolute atomic E-state index is 11.5. The highest BCUT2D eigenvalue weighted by Gasteiger charge is 2.35. The van der Waals surface area contributed by atoms with Gasteiger partial charge in [0, 0.05) is 30.4 Å². The monoisotopic (exact) mass is 314 g/mol. The van der Waals surface area contributed by atoms with Gasteiger partial charge in [0.2, 0.25) is 17.3 Å². The minimum Gasteiger partial charge on any atom is -0.361 e. The Labute approximate surface area is 132 Å². The zero-order chi connectivity index (χ0) is 16.8. The third-order valence-electron chi connectivity index (χ3n) is 3.96. The molecule has 23 heavy (non-hydrogen) atoms. The number of aryl methyl sites for hydroxylation is 3. The molecule has 3 aromatic rings. The molecule has 0 aliphatic rings. The third-order valence-corrected chi connectivity index (χ3v) is 3.96. The van der Waals surface area contributed by atoms with Gasteiger partial charge >= 0.3 is 0 Å². The van der Waals surface area contributed by atoms with E-state index in [1.165, 1.54) is 10.6 Å². The highest BCUT2D eigenvalue weighted by Crippen LogP contribution is 2.35. The van der Waals surface area contributed by atoms with Gasteiger partial charge in [0.25, 0.3) is 0 Å². The first-order valence-electron chi connectivity index (χ1n) is 7.25. The highest BCUT2D eigenvalue weighted by molar-refractivity contribution is 5.52. The Morgan fingerprint density at radius 1 is 1.13 bits per heavy atom. The van der Waals surface area contributed by atoms with E-state index in [9.17, 15) is 4.79 Å². The lowest BCUT2D eigenvalue weighted by Crippen LogP contribution is -2.21. The molecule has 3 aromatic heterocycles. The molecule has 0 aliphatic heterocycles. The van der Waals surface area contributed by atoms with Crippen LogP contribution in [0.25, 0.3) is 11.4 Å². The van der Waals surface area contributed by atoms with E-state index in [4.69, 9.17) is 9.05 Å². The van der Waals surface area contributed by atoms with Gasteiger partial charge in [0.05, 0.1) is 11.1 Å². The highest BCUT2D eigenvalue weighted by atomic mass is 16.5. The van der Waals surface area contributed by atoms with Gasteiger partial charge in [-0.2, -0.15) is 4.98 Å². The quantitative estimate of drug-likeness (QED) is 0.737. The molecule has 0 spiro atoms. The minimum atomic E-state index is -0.528. The van der Waals surface area contributed by atoms with Crippen molar-refractivity contribution in [2.75, 3.05) is 0 Å². The number of hydrogen-bond donors (Lipinski definition) is 0. The van der Waals surface area contributed by atoms with Crippen LogP contribution in [0, 0.1) is 13.8 Å². The first kappa shape index (κ1) is 15.2. The third kappa shape index (κ3) is 2.48. The van der Waals surface area contributed by atoms with E-state index < -0.39 is 5.41 Å². The number of aromatic nitrogens is 4. The van der Waals surface area contributed by atoms with E-state index in [-0.39, 0.29) is 5.56 Å². The fraction of sp³-hybridized carbons (Fsp3) is 0.375. The average molecular weight is 314 g/mol. The summed E-state index contributed by atoms with van der Waals surface area (Å²) in [6, 6.07) is 3.16. The smallest absolute Gasteiger partial charge is 0.250 e. The second-order valence-electron chi connectivity index (χ2n) is 6.11. The van der Waals surface area contributed by atoms with E-state index in [1.54, 1.807) is 19.3 Å². The van der Waals surface area contributed by atoms with E-state index in [0.717, 1.165) is 22.6 Å². The summed E-state index contributed by atoms with van der Waals surface area (Å²) >= 11 is 0. The van der Waals surface area contributed by atoms with Crippen LogP contribution < -0.4 is 5.56 Å². The summed E-state index contributed by atoms with van der Waals surface area (Å²) in [6.07, 6.45) is 1.68. The lowest BCUT2D eigenvalue weighted by Gasteiger charge is -2.19. The summed E-state index contributed by atoms with van der Waals surface area (Å²) in [5.74, 6) is 1.64. The summed E-state index contributed by atoms with van der Waals surface area (Å²) in [6.45, 7) is 7.72. The molecule has 0 aromatic carbocycles. The first-order chi connectivity index (χ1) is 10.8. The number of rotatable bonds is 3. The zero-order valence-electron chi connectivity index (χ0n) is 13.7. The summed E-state index contributed by atoms with van der Waals surface area (Å²) in [7, 11) is 1.68. The molecule has 0 saturated carbocycles. The standard InChI is InChI=1S/C16H18N4O3/c1-9-13(10(2)22-18-9)16(3,4)15-17-14(19-23-15)11-6-7-12(21)20(5)8-11/h6-8H,1-5H3. The Hall–Kier alpha value is -2.70. The molecule has 0 radical (unpaired) electrons. The maximum atomic E-state index is 11.5. The number of hydrogen-bond acceptors (Lipinski definition) is 6. The average Bonchev–Trinajstić information content (AvgIpc) is 3.10. The van der Waals surface area contributed by atoms with Crippen molar-refractivity contribution in [1.29, 1.82) is 0 Å². The van der Waals surface area contributed by atoms with Crippen molar-refractivity contribution in [3.8, 4) is 11.4 Å². The Bertz CT molecular complexity index is 898. The fourth-order valence-corrected chi connectivity index (χ4v) is 2.80.